The summed E-state index contributed by atoms with van der Waals surface area (Å²) in [6, 6.07) is 4.93. The zero-order valence-electron chi connectivity index (χ0n) is 12.3. The molecule has 0 saturated carbocycles. The number of benzene rings is 1. The molecule has 112 valence electrons. The Morgan fingerprint density at radius 2 is 1.65 bits per heavy atom. The molecule has 0 aromatic heterocycles. The van der Waals surface area contributed by atoms with Gasteiger partial charge in [-0.1, -0.05) is 39.8 Å². The Bertz CT molecular complexity index is 477. The molecule has 1 nitrogen and oxygen atoms in total. The van der Waals surface area contributed by atoms with Gasteiger partial charge in [0.05, 0.1) is 0 Å². The fraction of sp³-hybridized carbons (Fsp3) is 0.562. The number of carbonyl (C=O) groups is 1. The summed E-state index contributed by atoms with van der Waals surface area (Å²) in [5, 5.41) is 0. The van der Waals surface area contributed by atoms with Crippen LogP contribution in [0.5, 0.6) is 0 Å². The van der Waals surface area contributed by atoms with E-state index in [2.05, 4.69) is 0 Å². The van der Waals surface area contributed by atoms with Crippen molar-refractivity contribution in [3.05, 3.63) is 34.9 Å². The number of alkyl halides is 3. The highest BCUT2D eigenvalue weighted by Crippen LogP contribution is 2.31. The summed E-state index contributed by atoms with van der Waals surface area (Å²) in [4.78, 5) is 11.6. The van der Waals surface area contributed by atoms with E-state index in [-0.39, 0.29) is 17.4 Å². The van der Waals surface area contributed by atoms with E-state index in [1.54, 1.807) is 6.07 Å². The summed E-state index contributed by atoms with van der Waals surface area (Å²) in [6.07, 6.45) is -3.31. The van der Waals surface area contributed by atoms with Crippen LogP contribution in [0.1, 0.15) is 73.9 Å². The number of rotatable bonds is 5. The maximum atomic E-state index is 12.7. The molecule has 0 amide bonds. The molecule has 0 aliphatic heterocycles. The first-order chi connectivity index (χ1) is 9.22. The lowest BCUT2D eigenvalue weighted by molar-refractivity contribution is -0.0886. The molecule has 0 spiro atoms. The number of ketones is 1. The molecule has 0 N–H and O–H groups in total. The summed E-state index contributed by atoms with van der Waals surface area (Å²) in [5.74, 6) is -1.67. The summed E-state index contributed by atoms with van der Waals surface area (Å²) < 4.78 is 38.2. The second kappa shape index (κ2) is 6.42. The molecule has 1 rings (SSSR count). The van der Waals surface area contributed by atoms with Crippen molar-refractivity contribution in [1.82, 2.24) is 0 Å². The van der Waals surface area contributed by atoms with Crippen molar-refractivity contribution in [2.24, 2.45) is 0 Å². The summed E-state index contributed by atoms with van der Waals surface area (Å²) in [5.41, 5.74) is 1.08. The predicted octanol–water partition coefficient (Wildman–Crippen LogP) is 5.46. The Hall–Kier alpha value is -1.32. The van der Waals surface area contributed by atoms with Gasteiger partial charge in [-0.25, -0.2) is 0 Å². The predicted molar refractivity (Wildman–Crippen MR) is 74.2 cm³/mol. The van der Waals surface area contributed by atoms with Crippen molar-refractivity contribution in [1.29, 1.82) is 0 Å². The largest absolute Gasteiger partial charge is 0.454 e. The minimum Gasteiger partial charge on any atom is -0.284 e. The quantitative estimate of drug-likeness (QED) is 0.657. The van der Waals surface area contributed by atoms with E-state index in [1.165, 1.54) is 6.07 Å². The SMILES string of the molecule is CCC(C)c1ccc(C(C)CC)c(C(=O)C(F)(F)F)c1. The van der Waals surface area contributed by atoms with Crippen LogP contribution in [-0.4, -0.2) is 12.0 Å². The molecule has 2 unspecified atom stereocenters. The lowest BCUT2D eigenvalue weighted by Crippen LogP contribution is -2.24. The van der Waals surface area contributed by atoms with E-state index in [1.807, 2.05) is 33.8 Å². The molecular formula is C16H21F3O. The number of carbonyl (C=O) groups excluding carboxylic acids is 1. The average Bonchev–Trinajstić information content (AvgIpc) is 2.43. The Morgan fingerprint density at radius 3 is 2.10 bits per heavy atom. The maximum absolute atomic E-state index is 12.7. The molecule has 2 atom stereocenters. The third-order valence-corrected chi connectivity index (χ3v) is 3.90. The van der Waals surface area contributed by atoms with Crippen LogP contribution in [0.25, 0.3) is 0 Å². The fourth-order valence-corrected chi connectivity index (χ4v) is 2.12. The van der Waals surface area contributed by atoms with Crippen LogP contribution in [-0.2, 0) is 0 Å². The van der Waals surface area contributed by atoms with E-state index in [0.717, 1.165) is 12.0 Å². The first-order valence-electron chi connectivity index (χ1n) is 6.97. The molecule has 0 aliphatic rings. The Morgan fingerprint density at radius 1 is 1.10 bits per heavy atom. The van der Waals surface area contributed by atoms with E-state index < -0.39 is 12.0 Å². The van der Waals surface area contributed by atoms with Crippen molar-refractivity contribution in [3.8, 4) is 0 Å². The number of hydrogen-bond acceptors (Lipinski definition) is 1. The number of Topliss-reactive ketones (excluding diaryl/α,β-unsaturated/α-hetero) is 1. The second-order valence-corrected chi connectivity index (χ2v) is 5.29. The third-order valence-electron chi connectivity index (χ3n) is 3.90. The Labute approximate surface area is 118 Å². The molecule has 0 fully saturated rings. The molecule has 0 saturated heterocycles. The van der Waals surface area contributed by atoms with Gasteiger partial charge >= 0.3 is 6.18 Å². The standard InChI is InChI=1S/C16H21F3O/c1-5-10(3)12-7-8-13(11(4)6-2)14(9-12)15(20)16(17,18)19/h7-11H,5-6H2,1-4H3. The molecular weight excluding hydrogens is 265 g/mol. The number of hydrogen-bond donors (Lipinski definition) is 0. The summed E-state index contributed by atoms with van der Waals surface area (Å²) in [6.45, 7) is 7.65. The van der Waals surface area contributed by atoms with Crippen LogP contribution >= 0.6 is 0 Å². The van der Waals surface area contributed by atoms with Gasteiger partial charge in [-0.05, 0) is 41.9 Å². The molecule has 20 heavy (non-hydrogen) atoms. The third kappa shape index (κ3) is 3.62. The van der Waals surface area contributed by atoms with Gasteiger partial charge in [-0.3, -0.25) is 4.79 Å². The van der Waals surface area contributed by atoms with E-state index in [4.69, 9.17) is 0 Å². The van der Waals surface area contributed by atoms with E-state index in [0.29, 0.717) is 12.0 Å². The van der Waals surface area contributed by atoms with Gasteiger partial charge in [0.2, 0.25) is 0 Å². The topological polar surface area (TPSA) is 17.1 Å². The van der Waals surface area contributed by atoms with Crippen LogP contribution in [0.15, 0.2) is 18.2 Å². The van der Waals surface area contributed by atoms with Crippen LogP contribution in [0.3, 0.4) is 0 Å². The van der Waals surface area contributed by atoms with Gasteiger partial charge in [0, 0.05) is 5.56 Å². The van der Waals surface area contributed by atoms with Crippen molar-refractivity contribution in [2.45, 2.75) is 58.5 Å². The molecule has 0 heterocycles. The molecule has 1 aromatic rings. The molecule has 0 bridgehead atoms. The summed E-state index contributed by atoms with van der Waals surface area (Å²) in [7, 11) is 0. The average molecular weight is 286 g/mol. The van der Waals surface area contributed by atoms with Crippen LogP contribution in [0.4, 0.5) is 13.2 Å². The van der Waals surface area contributed by atoms with Crippen LogP contribution in [0, 0.1) is 0 Å². The van der Waals surface area contributed by atoms with Gasteiger partial charge in [-0.15, -0.1) is 0 Å². The first kappa shape index (κ1) is 16.7. The van der Waals surface area contributed by atoms with Crippen molar-refractivity contribution in [2.75, 3.05) is 0 Å². The smallest absolute Gasteiger partial charge is 0.284 e. The lowest BCUT2D eigenvalue weighted by Gasteiger charge is -2.18. The zero-order valence-corrected chi connectivity index (χ0v) is 12.3. The van der Waals surface area contributed by atoms with Crippen molar-refractivity contribution < 1.29 is 18.0 Å². The van der Waals surface area contributed by atoms with Gasteiger partial charge in [0.25, 0.3) is 5.78 Å². The van der Waals surface area contributed by atoms with Gasteiger partial charge in [0.1, 0.15) is 0 Å². The lowest BCUT2D eigenvalue weighted by atomic mass is 9.87. The minimum atomic E-state index is -4.82. The Kier molecular flexibility index (Phi) is 5.37. The molecule has 4 heteroatoms. The Balaban J connectivity index is 3.37. The highest BCUT2D eigenvalue weighted by Gasteiger charge is 2.40. The second-order valence-electron chi connectivity index (χ2n) is 5.29. The van der Waals surface area contributed by atoms with Gasteiger partial charge < -0.3 is 0 Å². The van der Waals surface area contributed by atoms with Crippen LogP contribution in [0.2, 0.25) is 0 Å². The highest BCUT2D eigenvalue weighted by molar-refractivity contribution is 6.01. The molecule has 1 aromatic carbocycles. The van der Waals surface area contributed by atoms with Gasteiger partial charge in [-0.2, -0.15) is 13.2 Å². The zero-order chi connectivity index (χ0) is 15.5. The van der Waals surface area contributed by atoms with E-state index in [9.17, 15) is 18.0 Å². The molecule has 0 radical (unpaired) electrons. The first-order valence-corrected chi connectivity index (χ1v) is 6.97. The van der Waals surface area contributed by atoms with Crippen molar-refractivity contribution in [3.63, 3.8) is 0 Å². The summed E-state index contributed by atoms with van der Waals surface area (Å²) >= 11 is 0. The normalized spacial score (nSPS) is 14.9. The highest BCUT2D eigenvalue weighted by atomic mass is 19.4. The molecule has 0 aliphatic carbocycles. The minimum absolute atomic E-state index is 0.0673. The van der Waals surface area contributed by atoms with Crippen molar-refractivity contribution >= 4 is 5.78 Å². The maximum Gasteiger partial charge on any atom is 0.454 e. The van der Waals surface area contributed by atoms with Gasteiger partial charge in [0.15, 0.2) is 0 Å². The monoisotopic (exact) mass is 286 g/mol. The van der Waals surface area contributed by atoms with Crippen LogP contribution < -0.4 is 0 Å². The number of halogens is 3. The fourth-order valence-electron chi connectivity index (χ4n) is 2.12. The van der Waals surface area contributed by atoms with E-state index >= 15 is 0 Å².